The Morgan fingerprint density at radius 2 is 1.71 bits per heavy atom. The second kappa shape index (κ2) is 10.8. The lowest BCUT2D eigenvalue weighted by atomic mass is 10.1. The van der Waals surface area contributed by atoms with Crippen molar-refractivity contribution in [1.29, 1.82) is 0 Å². The van der Waals surface area contributed by atoms with Crippen LogP contribution in [0.5, 0.6) is 28.9 Å². The van der Waals surface area contributed by atoms with Crippen LogP contribution in [0.25, 0.3) is 11.9 Å². The van der Waals surface area contributed by atoms with Crippen molar-refractivity contribution >= 4 is 17.7 Å². The fourth-order valence-electron chi connectivity index (χ4n) is 3.20. The number of hydrogen-bond acceptors (Lipinski definition) is 8. The van der Waals surface area contributed by atoms with Gasteiger partial charge in [0.15, 0.2) is 11.5 Å². The normalized spacial score (nSPS) is 10.7. The molecule has 178 valence electrons. The van der Waals surface area contributed by atoms with Gasteiger partial charge in [0.25, 0.3) is 0 Å². The largest absolute Gasteiger partial charge is 0.493 e. The minimum Gasteiger partial charge on any atom is -0.493 e. The maximum Gasteiger partial charge on any atom is 0.248 e. The number of methoxy groups -OCH3 is 3. The van der Waals surface area contributed by atoms with Crippen LogP contribution in [0.2, 0.25) is 0 Å². The lowest BCUT2D eigenvalue weighted by Crippen LogP contribution is -2.07. The second-order valence-electron chi connectivity index (χ2n) is 7.09. The average molecular weight is 473 g/mol. The van der Waals surface area contributed by atoms with Gasteiger partial charge in [-0.2, -0.15) is 0 Å². The second-order valence-corrected chi connectivity index (χ2v) is 7.09. The highest BCUT2D eigenvalue weighted by Crippen LogP contribution is 2.38. The molecule has 0 atom stereocenters. The summed E-state index contributed by atoms with van der Waals surface area (Å²) >= 11 is 0. The zero-order chi connectivity index (χ0) is 24.6. The molecule has 2 heterocycles. The number of rotatable bonds is 9. The predicted molar refractivity (Wildman–Crippen MR) is 129 cm³/mol. The Bertz CT molecular complexity index is 1300. The minimum atomic E-state index is -0.298. The minimum absolute atomic E-state index is 0.298. The van der Waals surface area contributed by atoms with E-state index < -0.39 is 0 Å². The van der Waals surface area contributed by atoms with Crippen LogP contribution >= 0.6 is 0 Å². The molecule has 0 saturated heterocycles. The van der Waals surface area contributed by atoms with E-state index in [1.54, 1.807) is 71.8 Å². The standard InChI is InChI=1S/C25H23N5O5/c1-32-20-12-17(13-21(33-2)25(20)34-3)4-9-23(31)29-18-5-7-19(8-6-18)35-24-14-22(27-15-28-24)30-11-10-26-16-30/h4-16H,1-3H3,(H,29,31)/b9-4+. The van der Waals surface area contributed by atoms with Gasteiger partial charge in [-0.15, -0.1) is 0 Å². The van der Waals surface area contributed by atoms with Crippen molar-refractivity contribution < 1.29 is 23.7 Å². The number of nitrogens with zero attached hydrogens (tertiary/aromatic N) is 4. The molecule has 1 N–H and O–H groups in total. The molecule has 2 aromatic carbocycles. The van der Waals surface area contributed by atoms with E-state index in [1.165, 1.54) is 33.7 Å². The van der Waals surface area contributed by atoms with E-state index in [9.17, 15) is 4.79 Å². The Hall–Kier alpha value is -4.86. The van der Waals surface area contributed by atoms with Crippen LogP contribution in [0.15, 0.2) is 73.6 Å². The van der Waals surface area contributed by atoms with Crippen LogP contribution in [-0.4, -0.2) is 46.8 Å². The number of carbonyl (C=O) groups is 1. The van der Waals surface area contributed by atoms with Gasteiger partial charge in [-0.25, -0.2) is 15.0 Å². The summed E-state index contributed by atoms with van der Waals surface area (Å²) in [5, 5.41) is 2.81. The molecule has 1 amide bonds. The fraction of sp³-hybridized carbons (Fsp3) is 0.120. The van der Waals surface area contributed by atoms with Gasteiger partial charge in [-0.05, 0) is 48.0 Å². The fourth-order valence-corrected chi connectivity index (χ4v) is 3.20. The number of nitrogens with one attached hydrogen (secondary N) is 1. The average Bonchev–Trinajstić information content (AvgIpc) is 3.43. The molecule has 0 bridgehead atoms. The molecule has 35 heavy (non-hydrogen) atoms. The zero-order valence-corrected chi connectivity index (χ0v) is 19.3. The molecule has 10 nitrogen and oxygen atoms in total. The van der Waals surface area contributed by atoms with Crippen molar-refractivity contribution in [2.45, 2.75) is 0 Å². The topological polar surface area (TPSA) is 110 Å². The van der Waals surface area contributed by atoms with E-state index in [0.29, 0.717) is 40.4 Å². The number of hydrogen-bond donors (Lipinski definition) is 1. The van der Waals surface area contributed by atoms with Crippen LogP contribution in [0.4, 0.5) is 5.69 Å². The SMILES string of the molecule is COc1cc(/C=C/C(=O)Nc2ccc(Oc3cc(-n4ccnc4)ncn3)cc2)cc(OC)c1OC. The highest BCUT2D eigenvalue weighted by Gasteiger charge is 2.12. The van der Waals surface area contributed by atoms with Gasteiger partial charge in [-0.1, -0.05) is 0 Å². The Labute approximate surface area is 201 Å². The predicted octanol–water partition coefficient (Wildman–Crippen LogP) is 4.13. The van der Waals surface area contributed by atoms with Crippen LogP contribution in [0.1, 0.15) is 5.56 Å². The van der Waals surface area contributed by atoms with E-state index >= 15 is 0 Å². The van der Waals surface area contributed by atoms with Gasteiger partial charge in [0.1, 0.15) is 24.2 Å². The molecule has 2 aromatic heterocycles. The van der Waals surface area contributed by atoms with Gasteiger partial charge < -0.3 is 24.3 Å². The molecule has 4 rings (SSSR count). The summed E-state index contributed by atoms with van der Waals surface area (Å²) in [5.74, 6) is 2.77. The van der Waals surface area contributed by atoms with E-state index in [0.717, 1.165) is 5.56 Å². The first-order valence-electron chi connectivity index (χ1n) is 10.5. The number of benzene rings is 2. The smallest absolute Gasteiger partial charge is 0.248 e. The molecule has 0 aliphatic heterocycles. The maximum atomic E-state index is 12.4. The summed E-state index contributed by atoms with van der Waals surface area (Å²) in [4.78, 5) is 24.7. The van der Waals surface area contributed by atoms with E-state index in [4.69, 9.17) is 18.9 Å². The number of anilines is 1. The Morgan fingerprint density at radius 1 is 0.971 bits per heavy atom. The first-order valence-corrected chi connectivity index (χ1v) is 10.5. The lowest BCUT2D eigenvalue weighted by Gasteiger charge is -2.12. The third kappa shape index (κ3) is 5.74. The summed E-state index contributed by atoms with van der Waals surface area (Å²) in [6, 6.07) is 12.1. The lowest BCUT2D eigenvalue weighted by molar-refractivity contribution is -0.111. The molecule has 0 spiro atoms. The highest BCUT2D eigenvalue weighted by atomic mass is 16.5. The van der Waals surface area contributed by atoms with Crippen LogP contribution in [0, 0.1) is 0 Å². The van der Waals surface area contributed by atoms with Crippen molar-refractivity contribution in [3.05, 3.63) is 79.2 Å². The molecule has 0 fully saturated rings. The molecular formula is C25H23N5O5. The molecule has 10 heteroatoms. The first kappa shape index (κ1) is 23.3. The van der Waals surface area contributed by atoms with Crippen molar-refractivity contribution in [3.8, 4) is 34.7 Å². The van der Waals surface area contributed by atoms with Gasteiger partial charge >= 0.3 is 0 Å². The molecule has 0 aliphatic carbocycles. The molecular weight excluding hydrogens is 450 g/mol. The number of ether oxygens (including phenoxy) is 4. The number of aromatic nitrogens is 4. The van der Waals surface area contributed by atoms with Crippen LogP contribution in [-0.2, 0) is 4.79 Å². The Morgan fingerprint density at radius 3 is 2.34 bits per heavy atom. The van der Waals surface area contributed by atoms with Gasteiger partial charge in [-0.3, -0.25) is 9.36 Å². The van der Waals surface area contributed by atoms with Crippen molar-refractivity contribution in [2.75, 3.05) is 26.6 Å². The van der Waals surface area contributed by atoms with Crippen molar-refractivity contribution in [3.63, 3.8) is 0 Å². The summed E-state index contributed by atoms with van der Waals surface area (Å²) in [6.07, 6.45) is 9.57. The summed E-state index contributed by atoms with van der Waals surface area (Å²) in [5.41, 5.74) is 1.33. The molecule has 0 saturated carbocycles. The van der Waals surface area contributed by atoms with Crippen molar-refractivity contribution in [2.24, 2.45) is 0 Å². The van der Waals surface area contributed by atoms with Gasteiger partial charge in [0.2, 0.25) is 17.5 Å². The summed E-state index contributed by atoms with van der Waals surface area (Å²) < 4.78 is 23.5. The van der Waals surface area contributed by atoms with Crippen molar-refractivity contribution in [1.82, 2.24) is 19.5 Å². The molecule has 0 aliphatic rings. The summed E-state index contributed by atoms with van der Waals surface area (Å²) in [6.45, 7) is 0. The molecule has 4 aromatic rings. The van der Waals surface area contributed by atoms with Crippen LogP contribution < -0.4 is 24.3 Å². The monoisotopic (exact) mass is 473 g/mol. The zero-order valence-electron chi connectivity index (χ0n) is 19.3. The van der Waals surface area contributed by atoms with Gasteiger partial charge in [0.05, 0.1) is 21.3 Å². The number of amides is 1. The highest BCUT2D eigenvalue weighted by molar-refractivity contribution is 6.02. The third-order valence-corrected chi connectivity index (χ3v) is 4.85. The van der Waals surface area contributed by atoms with E-state index in [-0.39, 0.29) is 5.91 Å². The number of imidazole rings is 1. The van der Waals surface area contributed by atoms with E-state index in [2.05, 4.69) is 20.3 Å². The maximum absolute atomic E-state index is 12.4. The third-order valence-electron chi connectivity index (χ3n) is 4.85. The first-order chi connectivity index (χ1) is 17.1. The summed E-state index contributed by atoms with van der Waals surface area (Å²) in [7, 11) is 4.61. The van der Waals surface area contributed by atoms with E-state index in [1.807, 2.05) is 0 Å². The van der Waals surface area contributed by atoms with Gasteiger partial charge in [0, 0.05) is 30.2 Å². The Balaban J connectivity index is 1.39. The molecule has 0 radical (unpaired) electrons. The number of carbonyl (C=O) groups excluding carboxylic acids is 1. The quantitative estimate of drug-likeness (QED) is 0.361. The molecule has 0 unspecified atom stereocenters. The Kier molecular flexibility index (Phi) is 7.22. The van der Waals surface area contributed by atoms with Crippen LogP contribution in [0.3, 0.4) is 0 Å².